The molecule has 9 heteroatoms. The highest BCUT2D eigenvalue weighted by molar-refractivity contribution is 6.07. The van der Waals surface area contributed by atoms with E-state index in [9.17, 15) is 19.5 Å². The second-order valence-corrected chi connectivity index (χ2v) is 11.8. The number of aliphatic hydroxyl groups is 1. The van der Waals surface area contributed by atoms with Crippen LogP contribution in [0.4, 0.5) is 11.4 Å². The number of likely N-dealkylation sites (tertiary alicyclic amines) is 1. The second-order valence-electron chi connectivity index (χ2n) is 11.8. The zero-order chi connectivity index (χ0) is 29.6. The summed E-state index contributed by atoms with van der Waals surface area (Å²) in [5.74, 6) is -1.79. The predicted octanol–water partition coefficient (Wildman–Crippen LogP) is 3.19. The van der Waals surface area contributed by atoms with E-state index in [0.717, 1.165) is 5.69 Å². The lowest BCUT2D eigenvalue weighted by molar-refractivity contribution is -0.144. The Balaban J connectivity index is 1.46. The molecule has 0 bridgehead atoms. The Bertz CT molecular complexity index is 1410. The highest BCUT2D eigenvalue weighted by atomic mass is 16.5. The third-order valence-corrected chi connectivity index (χ3v) is 8.90. The van der Waals surface area contributed by atoms with Gasteiger partial charge in [0.15, 0.2) is 0 Å². The van der Waals surface area contributed by atoms with E-state index in [2.05, 4.69) is 0 Å². The molecule has 2 aromatic rings. The first-order valence-corrected chi connectivity index (χ1v) is 14.6. The lowest BCUT2D eigenvalue weighted by Crippen LogP contribution is -2.58. The largest absolute Gasteiger partial charge is 0.497 e. The Labute approximate surface area is 246 Å². The van der Waals surface area contributed by atoms with Crippen LogP contribution in [-0.2, 0) is 19.1 Å². The quantitative estimate of drug-likeness (QED) is 0.513. The summed E-state index contributed by atoms with van der Waals surface area (Å²) < 4.78 is 12.1. The fourth-order valence-corrected chi connectivity index (χ4v) is 7.12. The molecule has 1 unspecified atom stereocenters. The van der Waals surface area contributed by atoms with E-state index in [1.807, 2.05) is 80.6 Å². The van der Waals surface area contributed by atoms with E-state index < -0.39 is 35.6 Å². The summed E-state index contributed by atoms with van der Waals surface area (Å²) in [5.41, 5.74) is 0.0226. The van der Waals surface area contributed by atoms with Crippen molar-refractivity contribution in [3.8, 4) is 5.75 Å². The van der Waals surface area contributed by atoms with Gasteiger partial charge >= 0.3 is 0 Å². The molecule has 42 heavy (non-hydrogen) atoms. The minimum absolute atomic E-state index is 0.158. The molecule has 2 aromatic carbocycles. The van der Waals surface area contributed by atoms with E-state index in [0.29, 0.717) is 24.4 Å². The SMILES string of the molecule is COc1ccc(N2CC=C[C@]34O[C@H]5C=CCN(c6ccccc6)C(=O)[C@H]5[C@H]3C(=O)N([C@@H](CO)CC(C)C)C4C2=O)cc1. The molecule has 1 spiro atoms. The summed E-state index contributed by atoms with van der Waals surface area (Å²) in [6.45, 7) is 4.35. The molecule has 1 N–H and O–H groups in total. The number of methoxy groups -OCH3 is 1. The van der Waals surface area contributed by atoms with Crippen molar-refractivity contribution in [2.45, 2.75) is 44.1 Å². The number of ether oxygens (including phenoxy) is 2. The molecule has 3 amide bonds. The number of hydrogen-bond acceptors (Lipinski definition) is 6. The number of aliphatic hydroxyl groups excluding tert-OH is 1. The van der Waals surface area contributed by atoms with Crippen molar-refractivity contribution >= 4 is 29.1 Å². The molecule has 0 radical (unpaired) electrons. The molecular formula is C33H37N3O6. The highest BCUT2D eigenvalue weighted by Crippen LogP contribution is 2.54. The molecule has 220 valence electrons. The maximum absolute atomic E-state index is 14.6. The van der Waals surface area contributed by atoms with Gasteiger partial charge in [-0.3, -0.25) is 14.4 Å². The molecular weight excluding hydrogens is 534 g/mol. The maximum Gasteiger partial charge on any atom is 0.253 e. The zero-order valence-corrected chi connectivity index (χ0v) is 24.1. The van der Waals surface area contributed by atoms with Crippen LogP contribution in [-0.4, -0.2) is 78.3 Å². The van der Waals surface area contributed by atoms with E-state index in [-0.39, 0.29) is 36.8 Å². The van der Waals surface area contributed by atoms with Crippen LogP contribution in [0.3, 0.4) is 0 Å². The van der Waals surface area contributed by atoms with Crippen molar-refractivity contribution < 1.29 is 29.0 Å². The van der Waals surface area contributed by atoms with E-state index in [4.69, 9.17) is 9.47 Å². The summed E-state index contributed by atoms with van der Waals surface area (Å²) in [7, 11) is 1.58. The number of para-hydroxylation sites is 1. The summed E-state index contributed by atoms with van der Waals surface area (Å²) >= 11 is 0. The van der Waals surface area contributed by atoms with Crippen molar-refractivity contribution in [2.75, 3.05) is 36.6 Å². The molecule has 6 rings (SSSR count). The van der Waals surface area contributed by atoms with Gasteiger partial charge in [0, 0.05) is 24.5 Å². The molecule has 4 aliphatic heterocycles. The number of carbonyl (C=O) groups is 3. The van der Waals surface area contributed by atoms with Gasteiger partial charge in [-0.25, -0.2) is 0 Å². The minimum Gasteiger partial charge on any atom is -0.497 e. The van der Waals surface area contributed by atoms with Gasteiger partial charge in [-0.2, -0.15) is 0 Å². The number of rotatable bonds is 7. The standard InChI is InChI=1S/C33H37N3O6/c1-21(2)19-24(20-37)36-29-32(40)35(23-12-14-25(41-3)15-13-23)18-8-16-33(29)28(31(36)39)27-26(42-33)11-7-17-34(30(27)38)22-9-5-4-6-10-22/h4-16,21,24,26-29,37H,17-20H2,1-3H3/t24-,26+,27-,28+,29?,33+/m1/s1. The van der Waals surface area contributed by atoms with Crippen molar-refractivity contribution in [1.82, 2.24) is 4.90 Å². The molecule has 0 saturated carbocycles. The van der Waals surface area contributed by atoms with Gasteiger partial charge in [-0.15, -0.1) is 0 Å². The van der Waals surface area contributed by atoms with E-state index in [1.54, 1.807) is 29.0 Å². The van der Waals surface area contributed by atoms with E-state index in [1.165, 1.54) is 4.90 Å². The number of nitrogens with zero attached hydrogens (tertiary/aromatic N) is 3. The molecule has 2 saturated heterocycles. The summed E-state index contributed by atoms with van der Waals surface area (Å²) in [6, 6.07) is 14.9. The third kappa shape index (κ3) is 4.42. The zero-order valence-electron chi connectivity index (χ0n) is 24.1. The van der Waals surface area contributed by atoms with Gasteiger partial charge in [0.2, 0.25) is 11.8 Å². The van der Waals surface area contributed by atoms with Crippen LogP contribution in [0.1, 0.15) is 20.3 Å². The monoisotopic (exact) mass is 571 g/mol. The van der Waals surface area contributed by atoms with Crippen LogP contribution in [0.2, 0.25) is 0 Å². The van der Waals surface area contributed by atoms with Gasteiger partial charge in [-0.05, 0) is 48.7 Å². The predicted molar refractivity (Wildman–Crippen MR) is 158 cm³/mol. The Morgan fingerprint density at radius 3 is 2.26 bits per heavy atom. The minimum atomic E-state index is -1.37. The third-order valence-electron chi connectivity index (χ3n) is 8.90. The molecule has 6 atom stereocenters. The summed E-state index contributed by atoms with van der Waals surface area (Å²) in [6.07, 6.45) is 7.26. The first-order valence-electron chi connectivity index (χ1n) is 14.6. The fourth-order valence-electron chi connectivity index (χ4n) is 7.12. The smallest absolute Gasteiger partial charge is 0.253 e. The number of anilines is 2. The number of carbonyl (C=O) groups excluding carboxylic acids is 3. The number of amides is 3. The summed E-state index contributed by atoms with van der Waals surface area (Å²) in [4.78, 5) is 48.3. The fraction of sp³-hybridized carbons (Fsp3) is 0.424. The van der Waals surface area contributed by atoms with Crippen molar-refractivity contribution in [3.05, 3.63) is 78.9 Å². The van der Waals surface area contributed by atoms with Crippen LogP contribution in [0.5, 0.6) is 5.75 Å². The normalized spacial score (nSPS) is 29.4. The average Bonchev–Trinajstić information content (AvgIpc) is 3.31. The first kappa shape index (κ1) is 28.2. The maximum atomic E-state index is 14.6. The molecule has 2 fully saturated rings. The van der Waals surface area contributed by atoms with Gasteiger partial charge in [0.1, 0.15) is 17.4 Å². The van der Waals surface area contributed by atoms with E-state index >= 15 is 0 Å². The second kappa shape index (κ2) is 11.0. The first-order chi connectivity index (χ1) is 20.3. The van der Waals surface area contributed by atoms with Crippen LogP contribution >= 0.6 is 0 Å². The van der Waals surface area contributed by atoms with Gasteiger partial charge < -0.3 is 29.3 Å². The van der Waals surface area contributed by atoms with Gasteiger partial charge in [-0.1, -0.05) is 56.4 Å². The van der Waals surface area contributed by atoms with Crippen molar-refractivity contribution in [1.29, 1.82) is 0 Å². The topological polar surface area (TPSA) is 99.6 Å². The van der Waals surface area contributed by atoms with Crippen LogP contribution in [0, 0.1) is 17.8 Å². The average molecular weight is 572 g/mol. The number of fused-ring (bicyclic) bond motifs is 2. The van der Waals surface area contributed by atoms with Crippen molar-refractivity contribution in [2.24, 2.45) is 17.8 Å². The molecule has 4 aliphatic rings. The number of benzene rings is 2. The lowest BCUT2D eigenvalue weighted by Gasteiger charge is -2.39. The van der Waals surface area contributed by atoms with Gasteiger partial charge in [0.25, 0.3) is 5.91 Å². The molecule has 9 nitrogen and oxygen atoms in total. The van der Waals surface area contributed by atoms with Crippen LogP contribution in [0.25, 0.3) is 0 Å². The highest BCUT2D eigenvalue weighted by Gasteiger charge is 2.72. The van der Waals surface area contributed by atoms with Crippen molar-refractivity contribution in [3.63, 3.8) is 0 Å². The molecule has 4 heterocycles. The Kier molecular flexibility index (Phi) is 7.41. The Morgan fingerprint density at radius 2 is 1.60 bits per heavy atom. The van der Waals surface area contributed by atoms with Gasteiger partial charge in [0.05, 0.1) is 37.7 Å². The number of hydrogen-bond donors (Lipinski definition) is 1. The summed E-state index contributed by atoms with van der Waals surface area (Å²) in [5, 5.41) is 10.5. The van der Waals surface area contributed by atoms with Crippen LogP contribution < -0.4 is 14.5 Å². The van der Waals surface area contributed by atoms with Crippen LogP contribution in [0.15, 0.2) is 78.9 Å². The Morgan fingerprint density at radius 1 is 0.929 bits per heavy atom. The molecule has 0 aliphatic carbocycles. The lowest BCUT2D eigenvalue weighted by atomic mass is 9.77. The Hall–Kier alpha value is -3.95. The molecule has 0 aromatic heterocycles.